The lowest BCUT2D eigenvalue weighted by Crippen LogP contribution is -2.30. The summed E-state index contributed by atoms with van der Waals surface area (Å²) in [6.07, 6.45) is 0. The number of thioether (sulfide) groups is 1. The van der Waals surface area contributed by atoms with Gasteiger partial charge in [0, 0.05) is 12.3 Å². The van der Waals surface area contributed by atoms with E-state index >= 15 is 0 Å². The van der Waals surface area contributed by atoms with Crippen molar-refractivity contribution in [2.75, 3.05) is 18.8 Å². The van der Waals surface area contributed by atoms with Crippen LogP contribution in [0.25, 0.3) is 0 Å². The van der Waals surface area contributed by atoms with Crippen LogP contribution in [-0.2, 0) is 0 Å². The zero-order valence-electron chi connectivity index (χ0n) is 8.53. The van der Waals surface area contributed by atoms with E-state index in [0.29, 0.717) is 19.4 Å². The van der Waals surface area contributed by atoms with Gasteiger partial charge in [-0.1, -0.05) is 35.0 Å². The normalized spacial score (nSPS) is 14.9. The van der Waals surface area contributed by atoms with Gasteiger partial charge in [0.2, 0.25) is 0 Å². The first kappa shape index (κ1) is 15.3. The molecule has 1 fully saturated rings. The van der Waals surface area contributed by atoms with Gasteiger partial charge in [-0.2, -0.15) is 0 Å². The summed E-state index contributed by atoms with van der Waals surface area (Å²) in [4.78, 5) is 13.6. The highest BCUT2D eigenvalue weighted by Crippen LogP contribution is 2.31. The van der Waals surface area contributed by atoms with Gasteiger partial charge in [-0.05, 0) is 6.07 Å². The van der Waals surface area contributed by atoms with E-state index in [2.05, 4.69) is 0 Å². The molecule has 0 atom stereocenters. The molecule has 17 heavy (non-hydrogen) atoms. The topological polar surface area (TPSA) is 44.2 Å². The Morgan fingerprint density at radius 2 is 2.24 bits per heavy atom. The third-order valence-corrected chi connectivity index (χ3v) is 4.58. The van der Waals surface area contributed by atoms with Crippen LogP contribution in [0.1, 0.15) is 10.4 Å². The molecule has 1 N–H and O–H groups in total. The van der Waals surface area contributed by atoms with Gasteiger partial charge in [0.25, 0.3) is 0 Å². The van der Waals surface area contributed by atoms with Gasteiger partial charge < -0.3 is 4.90 Å². The number of halogens is 3. The molecule has 2 heterocycles. The highest BCUT2D eigenvalue weighted by atomic mass is 79.9. The predicted molar refractivity (Wildman–Crippen MR) is 80.7 cm³/mol. The second-order valence-corrected chi connectivity index (χ2v) is 6.61. The SMILES string of the molecule is Br.N=C1SCCN1CC(=O)c1cc(Cl)sc1Cl. The fourth-order valence-electron chi connectivity index (χ4n) is 1.39. The maximum atomic E-state index is 11.9. The second kappa shape index (κ2) is 6.43. The van der Waals surface area contributed by atoms with Crippen molar-refractivity contribution < 1.29 is 4.79 Å². The lowest BCUT2D eigenvalue weighted by molar-refractivity contribution is 0.0967. The van der Waals surface area contributed by atoms with Crippen molar-refractivity contribution in [3.63, 3.8) is 0 Å². The van der Waals surface area contributed by atoms with Crippen molar-refractivity contribution in [2.45, 2.75) is 0 Å². The monoisotopic (exact) mass is 374 g/mol. The summed E-state index contributed by atoms with van der Waals surface area (Å²) in [5.41, 5.74) is 0.460. The Hall–Kier alpha value is 0.250. The number of amidine groups is 1. The molecule has 0 amide bonds. The summed E-state index contributed by atoms with van der Waals surface area (Å²) in [6.45, 7) is 0.948. The largest absolute Gasteiger partial charge is 0.343 e. The average molecular weight is 376 g/mol. The van der Waals surface area contributed by atoms with E-state index in [1.807, 2.05) is 0 Å². The molecule has 0 aliphatic carbocycles. The van der Waals surface area contributed by atoms with Crippen molar-refractivity contribution in [3.05, 3.63) is 20.3 Å². The van der Waals surface area contributed by atoms with Crippen molar-refractivity contribution in [1.29, 1.82) is 5.41 Å². The number of hydrogen-bond donors (Lipinski definition) is 1. The molecule has 3 nitrogen and oxygen atoms in total. The van der Waals surface area contributed by atoms with Crippen LogP contribution >= 0.6 is 63.3 Å². The van der Waals surface area contributed by atoms with Gasteiger partial charge in [-0.15, -0.1) is 28.3 Å². The van der Waals surface area contributed by atoms with Crippen molar-refractivity contribution in [2.24, 2.45) is 0 Å². The van der Waals surface area contributed by atoms with E-state index in [4.69, 9.17) is 28.6 Å². The summed E-state index contributed by atoms with van der Waals surface area (Å²) < 4.78 is 0.938. The first-order valence-corrected chi connectivity index (χ1v) is 7.08. The quantitative estimate of drug-likeness (QED) is 0.817. The van der Waals surface area contributed by atoms with E-state index in [1.54, 1.807) is 11.0 Å². The van der Waals surface area contributed by atoms with E-state index in [1.165, 1.54) is 23.1 Å². The van der Waals surface area contributed by atoms with Gasteiger partial charge in [-0.3, -0.25) is 10.2 Å². The Morgan fingerprint density at radius 3 is 2.71 bits per heavy atom. The molecule has 2 rings (SSSR count). The molecule has 8 heteroatoms. The van der Waals surface area contributed by atoms with E-state index < -0.39 is 0 Å². The summed E-state index contributed by atoms with van der Waals surface area (Å²) in [7, 11) is 0. The van der Waals surface area contributed by atoms with Crippen LogP contribution in [0, 0.1) is 5.41 Å². The Kier molecular flexibility index (Phi) is 5.79. The smallest absolute Gasteiger partial charge is 0.184 e. The van der Waals surface area contributed by atoms with Gasteiger partial charge >= 0.3 is 0 Å². The Morgan fingerprint density at radius 1 is 1.53 bits per heavy atom. The van der Waals surface area contributed by atoms with Crippen LogP contribution in [0.2, 0.25) is 8.67 Å². The predicted octanol–water partition coefficient (Wildman–Crippen LogP) is 3.80. The number of hydrogen-bond acceptors (Lipinski definition) is 4. The van der Waals surface area contributed by atoms with E-state index in [-0.39, 0.29) is 29.3 Å². The van der Waals surface area contributed by atoms with Crippen molar-refractivity contribution >= 4 is 74.2 Å². The number of ketones is 1. The minimum Gasteiger partial charge on any atom is -0.343 e. The van der Waals surface area contributed by atoms with E-state index in [0.717, 1.165) is 12.3 Å². The summed E-state index contributed by atoms with van der Waals surface area (Å²) in [5.74, 6) is 0.782. The number of carbonyl (C=O) groups is 1. The first-order chi connectivity index (χ1) is 7.58. The minimum atomic E-state index is -0.0830. The molecular formula is C9H9BrCl2N2OS2. The molecule has 0 saturated carbocycles. The second-order valence-electron chi connectivity index (χ2n) is 3.24. The molecule has 0 unspecified atom stereocenters. The summed E-state index contributed by atoms with van der Waals surface area (Å²) in [6, 6.07) is 1.59. The number of nitrogens with zero attached hydrogens (tertiary/aromatic N) is 1. The zero-order chi connectivity index (χ0) is 11.7. The number of rotatable bonds is 3. The number of carbonyl (C=O) groups excluding carboxylic acids is 1. The average Bonchev–Trinajstić information content (AvgIpc) is 2.74. The standard InChI is InChI=1S/C9H8Cl2N2OS2.BrH/c10-7-3-5(8(11)16-7)6(14)4-13-1-2-15-9(13)12;/h3,12H,1-2,4H2;1H. The Labute approximate surface area is 128 Å². The molecular weight excluding hydrogens is 367 g/mol. The lowest BCUT2D eigenvalue weighted by Gasteiger charge is -2.14. The maximum absolute atomic E-state index is 11.9. The molecule has 1 aromatic rings. The van der Waals surface area contributed by atoms with Crippen LogP contribution in [0.15, 0.2) is 6.07 Å². The van der Waals surface area contributed by atoms with Crippen molar-refractivity contribution in [1.82, 2.24) is 4.90 Å². The lowest BCUT2D eigenvalue weighted by atomic mass is 10.2. The maximum Gasteiger partial charge on any atom is 0.184 e. The van der Waals surface area contributed by atoms with Crippen LogP contribution in [0.3, 0.4) is 0 Å². The number of Topliss-reactive ketones (excluding diaryl/α,β-unsaturated/α-hetero) is 1. The van der Waals surface area contributed by atoms with Gasteiger partial charge in [0.1, 0.15) is 4.34 Å². The fraction of sp³-hybridized carbons (Fsp3) is 0.333. The highest BCUT2D eigenvalue weighted by Gasteiger charge is 2.22. The zero-order valence-corrected chi connectivity index (χ0v) is 13.4. The first-order valence-electron chi connectivity index (χ1n) is 4.52. The van der Waals surface area contributed by atoms with Gasteiger partial charge in [0.15, 0.2) is 11.0 Å². The Balaban J connectivity index is 0.00000144. The third-order valence-electron chi connectivity index (χ3n) is 2.18. The molecule has 0 aromatic carbocycles. The molecule has 1 aliphatic heterocycles. The van der Waals surface area contributed by atoms with E-state index in [9.17, 15) is 4.79 Å². The Bertz CT molecular complexity index is 452. The van der Waals surface area contributed by atoms with Gasteiger partial charge in [-0.25, -0.2) is 0 Å². The van der Waals surface area contributed by atoms with Gasteiger partial charge in [0.05, 0.1) is 16.4 Å². The minimum absolute atomic E-state index is 0. The fourth-order valence-corrected chi connectivity index (χ4v) is 3.73. The van der Waals surface area contributed by atoms with Crippen LogP contribution in [0.4, 0.5) is 0 Å². The van der Waals surface area contributed by atoms with Crippen LogP contribution in [0.5, 0.6) is 0 Å². The molecule has 1 aromatic heterocycles. The number of nitrogens with one attached hydrogen (secondary N) is 1. The molecule has 94 valence electrons. The number of thiophene rings is 1. The summed E-state index contributed by atoms with van der Waals surface area (Å²) in [5, 5.41) is 8.05. The van der Waals surface area contributed by atoms with Crippen LogP contribution in [-0.4, -0.2) is 34.7 Å². The molecule has 1 aliphatic rings. The molecule has 0 bridgehead atoms. The highest BCUT2D eigenvalue weighted by molar-refractivity contribution is 8.93. The van der Waals surface area contributed by atoms with Crippen LogP contribution < -0.4 is 0 Å². The third kappa shape index (κ3) is 3.61. The summed E-state index contributed by atoms with van der Waals surface area (Å²) >= 11 is 14.3. The van der Waals surface area contributed by atoms with Crippen molar-refractivity contribution in [3.8, 4) is 0 Å². The molecule has 0 spiro atoms. The molecule has 1 saturated heterocycles. The molecule has 0 radical (unpaired) electrons.